The molecule has 3 aliphatic rings. The van der Waals surface area contributed by atoms with E-state index < -0.39 is 5.79 Å². The van der Waals surface area contributed by atoms with Gasteiger partial charge in [0.05, 0.1) is 24.9 Å². The number of ether oxygens (including phenoxy) is 3. The molecule has 0 bridgehead atoms. The van der Waals surface area contributed by atoms with E-state index in [9.17, 15) is 4.79 Å². The van der Waals surface area contributed by atoms with Gasteiger partial charge in [0.15, 0.2) is 5.79 Å². The van der Waals surface area contributed by atoms with E-state index in [1.165, 1.54) is 0 Å². The van der Waals surface area contributed by atoms with Crippen LogP contribution >= 0.6 is 0 Å². The number of nitrogens with zero attached hydrogens (tertiary/aromatic N) is 1. The summed E-state index contributed by atoms with van der Waals surface area (Å²) in [5.41, 5.74) is 0.661. The highest BCUT2D eigenvalue weighted by Gasteiger charge is 2.46. The predicted molar refractivity (Wildman–Crippen MR) is 146 cm³/mol. The van der Waals surface area contributed by atoms with Crippen LogP contribution < -0.4 is 5.32 Å². The predicted octanol–water partition coefficient (Wildman–Crippen LogP) is 6.05. The minimum atomic E-state index is -0.445. The number of amides is 1. The Bertz CT molecular complexity index is 792. The van der Waals surface area contributed by atoms with E-state index >= 15 is 0 Å². The maximum Gasteiger partial charge on any atom is 0.253 e. The Morgan fingerprint density at radius 2 is 1.69 bits per heavy atom. The first kappa shape index (κ1) is 29.4. The molecule has 3 heterocycles. The lowest BCUT2D eigenvalue weighted by molar-refractivity contribution is -0.321. The molecule has 0 aromatic heterocycles. The Hall–Kier alpha value is -1.11. The molecule has 3 rings (SSSR count). The summed E-state index contributed by atoms with van der Waals surface area (Å²) in [5.74, 6) is 1.16. The number of carbonyl (C=O) groups is 1. The summed E-state index contributed by atoms with van der Waals surface area (Å²) in [6.45, 7) is 21.3. The van der Waals surface area contributed by atoms with Crippen molar-refractivity contribution in [2.24, 2.45) is 17.3 Å². The standard InChI is InChI=1S/C30H54N2O4/c1-20(22(3)32-18-15-25(34-10)26(27(32)33)28(4,5)6)21(2)24-14-12-17-30(36-24)16-11-13-23(35-30)19-31-29(7,8)9/h20-24,31H,11-19H2,1-10H3. The first-order valence-corrected chi connectivity index (χ1v) is 14.4. The minimum Gasteiger partial charge on any atom is -0.501 e. The minimum absolute atomic E-state index is 0.0853. The second-order valence-corrected chi connectivity index (χ2v) is 13.7. The summed E-state index contributed by atoms with van der Waals surface area (Å²) in [7, 11) is 1.69. The van der Waals surface area contributed by atoms with Crippen LogP contribution in [0.15, 0.2) is 11.3 Å². The zero-order valence-electron chi connectivity index (χ0n) is 24.8. The van der Waals surface area contributed by atoms with E-state index in [1.54, 1.807) is 7.11 Å². The SMILES string of the molecule is COC1=C(C(C)(C)C)C(=O)N(C(C)C(C)C(C)C2CCCC3(CCCC(CNC(C)(C)C)O3)O2)CC1. The molecule has 1 N–H and O–H groups in total. The lowest BCUT2D eigenvalue weighted by atomic mass is 9.79. The molecule has 6 unspecified atom stereocenters. The van der Waals surface area contributed by atoms with Crippen LogP contribution in [0, 0.1) is 17.3 Å². The fraction of sp³-hybridized carbons (Fsp3) is 0.900. The molecule has 6 atom stereocenters. The summed E-state index contributed by atoms with van der Waals surface area (Å²) in [6, 6.07) is 0.126. The van der Waals surface area contributed by atoms with Gasteiger partial charge in [-0.2, -0.15) is 0 Å². The molecule has 2 saturated heterocycles. The van der Waals surface area contributed by atoms with Crippen molar-refractivity contribution >= 4 is 5.91 Å². The highest BCUT2D eigenvalue weighted by molar-refractivity contribution is 5.96. The van der Waals surface area contributed by atoms with Crippen molar-refractivity contribution < 1.29 is 19.0 Å². The van der Waals surface area contributed by atoms with E-state index in [2.05, 4.69) is 72.5 Å². The molecule has 6 nitrogen and oxygen atoms in total. The fourth-order valence-electron chi connectivity index (χ4n) is 6.30. The lowest BCUT2D eigenvalue weighted by Gasteiger charge is -2.49. The van der Waals surface area contributed by atoms with Gasteiger partial charge in [-0.1, -0.05) is 34.6 Å². The van der Waals surface area contributed by atoms with Crippen molar-refractivity contribution in [1.29, 1.82) is 0 Å². The average molecular weight is 507 g/mol. The Kier molecular flexibility index (Phi) is 9.27. The van der Waals surface area contributed by atoms with Gasteiger partial charge >= 0.3 is 0 Å². The van der Waals surface area contributed by atoms with E-state index in [4.69, 9.17) is 14.2 Å². The molecule has 0 aliphatic carbocycles. The highest BCUT2D eigenvalue weighted by Crippen LogP contribution is 2.43. The molecule has 0 radical (unpaired) electrons. The molecule has 0 aromatic rings. The van der Waals surface area contributed by atoms with Crippen LogP contribution in [-0.4, -0.2) is 60.6 Å². The van der Waals surface area contributed by atoms with Gasteiger partial charge in [0.25, 0.3) is 5.91 Å². The topological polar surface area (TPSA) is 60.0 Å². The van der Waals surface area contributed by atoms with Crippen molar-refractivity contribution in [2.45, 2.75) is 137 Å². The maximum absolute atomic E-state index is 13.6. The van der Waals surface area contributed by atoms with Gasteiger partial charge in [0.2, 0.25) is 0 Å². The molecule has 36 heavy (non-hydrogen) atoms. The van der Waals surface area contributed by atoms with E-state index in [-0.39, 0.29) is 35.1 Å². The van der Waals surface area contributed by atoms with E-state index in [0.29, 0.717) is 18.4 Å². The molecule has 2 fully saturated rings. The largest absolute Gasteiger partial charge is 0.501 e. The fourth-order valence-corrected chi connectivity index (χ4v) is 6.30. The quantitative estimate of drug-likeness (QED) is 0.456. The van der Waals surface area contributed by atoms with Gasteiger partial charge in [-0.05, 0) is 70.6 Å². The first-order chi connectivity index (χ1) is 16.7. The summed E-state index contributed by atoms with van der Waals surface area (Å²) in [5, 5.41) is 3.61. The monoisotopic (exact) mass is 506 g/mol. The Morgan fingerprint density at radius 1 is 1.06 bits per heavy atom. The van der Waals surface area contributed by atoms with Crippen LogP contribution in [0.3, 0.4) is 0 Å². The Morgan fingerprint density at radius 3 is 2.28 bits per heavy atom. The van der Waals surface area contributed by atoms with Crippen LogP contribution in [0.25, 0.3) is 0 Å². The number of methoxy groups -OCH3 is 1. The van der Waals surface area contributed by atoms with Crippen molar-refractivity contribution in [3.8, 4) is 0 Å². The van der Waals surface area contributed by atoms with Crippen molar-refractivity contribution in [3.63, 3.8) is 0 Å². The first-order valence-electron chi connectivity index (χ1n) is 14.4. The molecule has 0 aromatic carbocycles. The third kappa shape index (κ3) is 6.85. The molecule has 1 spiro atoms. The van der Waals surface area contributed by atoms with Gasteiger partial charge in [-0.15, -0.1) is 0 Å². The second-order valence-electron chi connectivity index (χ2n) is 13.7. The van der Waals surface area contributed by atoms with Crippen LogP contribution in [0.2, 0.25) is 0 Å². The van der Waals surface area contributed by atoms with Gasteiger partial charge < -0.3 is 24.4 Å². The number of hydrogen-bond acceptors (Lipinski definition) is 5. The average Bonchev–Trinajstić information content (AvgIpc) is 2.80. The van der Waals surface area contributed by atoms with Gasteiger partial charge in [0.1, 0.15) is 5.76 Å². The van der Waals surface area contributed by atoms with Crippen LogP contribution in [0.4, 0.5) is 0 Å². The molecule has 1 amide bonds. The summed E-state index contributed by atoms with van der Waals surface area (Å²) in [6.07, 6.45) is 7.52. The van der Waals surface area contributed by atoms with Crippen molar-refractivity contribution in [2.75, 3.05) is 20.2 Å². The summed E-state index contributed by atoms with van der Waals surface area (Å²) in [4.78, 5) is 15.7. The number of rotatable bonds is 7. The summed E-state index contributed by atoms with van der Waals surface area (Å²) < 4.78 is 19.2. The normalized spacial score (nSPS) is 30.9. The molecular weight excluding hydrogens is 452 g/mol. The zero-order valence-corrected chi connectivity index (χ0v) is 24.8. The van der Waals surface area contributed by atoms with Gasteiger partial charge in [-0.3, -0.25) is 4.79 Å². The van der Waals surface area contributed by atoms with Gasteiger partial charge in [0, 0.05) is 43.9 Å². The second kappa shape index (κ2) is 11.3. The Labute approximate surface area is 220 Å². The smallest absolute Gasteiger partial charge is 0.253 e. The van der Waals surface area contributed by atoms with E-state index in [1.807, 2.05) is 0 Å². The number of nitrogens with one attached hydrogen (secondary N) is 1. The third-order valence-electron chi connectivity index (χ3n) is 8.74. The molecule has 0 saturated carbocycles. The maximum atomic E-state index is 13.6. The highest BCUT2D eigenvalue weighted by atomic mass is 16.7. The zero-order chi connectivity index (χ0) is 26.9. The van der Waals surface area contributed by atoms with Crippen LogP contribution in [0.5, 0.6) is 0 Å². The van der Waals surface area contributed by atoms with E-state index in [0.717, 1.165) is 62.8 Å². The molecule has 3 aliphatic heterocycles. The molecule has 208 valence electrons. The number of hydrogen-bond donors (Lipinski definition) is 1. The molecular formula is C30H54N2O4. The van der Waals surface area contributed by atoms with Crippen LogP contribution in [0.1, 0.15) is 107 Å². The number of carbonyl (C=O) groups excluding carboxylic acids is 1. The Balaban J connectivity index is 1.67. The molecule has 6 heteroatoms. The van der Waals surface area contributed by atoms with Gasteiger partial charge in [-0.25, -0.2) is 0 Å². The third-order valence-corrected chi connectivity index (χ3v) is 8.74. The summed E-state index contributed by atoms with van der Waals surface area (Å²) >= 11 is 0. The lowest BCUT2D eigenvalue weighted by Crippen LogP contribution is -2.54. The van der Waals surface area contributed by atoms with Crippen molar-refractivity contribution in [1.82, 2.24) is 10.2 Å². The van der Waals surface area contributed by atoms with Crippen LogP contribution in [-0.2, 0) is 19.0 Å². The van der Waals surface area contributed by atoms with Crippen molar-refractivity contribution in [3.05, 3.63) is 11.3 Å².